The summed E-state index contributed by atoms with van der Waals surface area (Å²) in [4.78, 5) is 27.9. The van der Waals surface area contributed by atoms with Gasteiger partial charge in [-0.1, -0.05) is 41.4 Å². The Balaban J connectivity index is 2.08. The second-order valence-corrected chi connectivity index (χ2v) is 11.4. The van der Waals surface area contributed by atoms with Crippen LogP contribution in [0.5, 0.6) is 11.5 Å². The SMILES string of the molecule is CCNC(=O)[C@@H](C)N(Cc1ccccc1Cl)C(=O)CN(c1ccc(Cl)cc1)S(=O)(=O)c1ccc(OC)c(OC)c1. The summed E-state index contributed by atoms with van der Waals surface area (Å²) in [5, 5.41) is 3.52. The van der Waals surface area contributed by atoms with Gasteiger partial charge in [0, 0.05) is 29.2 Å². The molecule has 214 valence electrons. The smallest absolute Gasteiger partial charge is 0.264 e. The molecule has 0 aliphatic carbocycles. The van der Waals surface area contributed by atoms with E-state index >= 15 is 0 Å². The topological polar surface area (TPSA) is 105 Å². The van der Waals surface area contributed by atoms with Crippen LogP contribution in [0.15, 0.2) is 71.6 Å². The summed E-state index contributed by atoms with van der Waals surface area (Å²) >= 11 is 12.4. The number of benzene rings is 3. The van der Waals surface area contributed by atoms with Gasteiger partial charge in [-0.2, -0.15) is 0 Å². The fourth-order valence-electron chi connectivity index (χ4n) is 3.96. The Morgan fingerprint density at radius 3 is 2.20 bits per heavy atom. The van der Waals surface area contributed by atoms with Crippen molar-refractivity contribution in [3.63, 3.8) is 0 Å². The van der Waals surface area contributed by atoms with Crippen molar-refractivity contribution in [2.75, 3.05) is 31.6 Å². The minimum Gasteiger partial charge on any atom is -0.493 e. The molecule has 2 amide bonds. The van der Waals surface area contributed by atoms with Crippen molar-refractivity contribution in [3.05, 3.63) is 82.3 Å². The molecule has 0 saturated heterocycles. The summed E-state index contributed by atoms with van der Waals surface area (Å²) in [6, 6.07) is 16.2. The summed E-state index contributed by atoms with van der Waals surface area (Å²) in [5.41, 5.74) is 0.811. The van der Waals surface area contributed by atoms with Crippen LogP contribution in [-0.4, -0.2) is 58.5 Å². The molecule has 0 aliphatic heterocycles. The van der Waals surface area contributed by atoms with Gasteiger partial charge < -0.3 is 19.7 Å². The first-order valence-corrected chi connectivity index (χ1v) is 14.5. The number of carbonyl (C=O) groups is 2. The van der Waals surface area contributed by atoms with Crippen molar-refractivity contribution < 1.29 is 27.5 Å². The number of hydrogen-bond acceptors (Lipinski definition) is 6. The Morgan fingerprint density at radius 2 is 1.60 bits per heavy atom. The summed E-state index contributed by atoms with van der Waals surface area (Å²) in [6.45, 7) is 3.09. The highest BCUT2D eigenvalue weighted by Crippen LogP contribution is 2.33. The molecule has 1 N–H and O–H groups in total. The number of amides is 2. The van der Waals surface area contributed by atoms with Crippen molar-refractivity contribution in [1.29, 1.82) is 0 Å². The highest BCUT2D eigenvalue weighted by molar-refractivity contribution is 7.92. The average Bonchev–Trinajstić information content (AvgIpc) is 2.95. The number of nitrogens with one attached hydrogen (secondary N) is 1. The van der Waals surface area contributed by atoms with Crippen molar-refractivity contribution >= 4 is 50.7 Å². The van der Waals surface area contributed by atoms with Crippen LogP contribution < -0.4 is 19.1 Å². The predicted molar refractivity (Wildman–Crippen MR) is 156 cm³/mol. The first kappa shape index (κ1) is 31.1. The number of likely N-dealkylation sites (N-methyl/N-ethyl adjacent to an activating group) is 1. The Hall–Kier alpha value is -3.47. The molecule has 0 aromatic heterocycles. The van der Waals surface area contributed by atoms with E-state index in [-0.39, 0.29) is 28.8 Å². The predicted octanol–water partition coefficient (Wildman–Crippen LogP) is 4.76. The highest BCUT2D eigenvalue weighted by Gasteiger charge is 2.33. The van der Waals surface area contributed by atoms with Crippen LogP contribution in [0, 0.1) is 0 Å². The monoisotopic (exact) mass is 607 g/mol. The number of halogens is 2. The Bertz CT molecular complexity index is 1450. The van der Waals surface area contributed by atoms with E-state index in [2.05, 4.69) is 5.32 Å². The summed E-state index contributed by atoms with van der Waals surface area (Å²) in [5.74, 6) is -0.449. The number of carbonyl (C=O) groups excluding carboxylic acids is 2. The number of methoxy groups -OCH3 is 2. The summed E-state index contributed by atoms with van der Waals surface area (Å²) in [7, 11) is -1.48. The van der Waals surface area contributed by atoms with E-state index in [9.17, 15) is 18.0 Å². The van der Waals surface area contributed by atoms with Crippen LogP contribution in [0.4, 0.5) is 5.69 Å². The Morgan fingerprint density at radius 1 is 0.950 bits per heavy atom. The second kappa shape index (κ2) is 13.7. The number of ether oxygens (including phenoxy) is 2. The lowest BCUT2D eigenvalue weighted by atomic mass is 10.1. The van der Waals surface area contributed by atoms with Gasteiger partial charge in [0.2, 0.25) is 11.8 Å². The van der Waals surface area contributed by atoms with Crippen molar-refractivity contribution in [1.82, 2.24) is 10.2 Å². The van der Waals surface area contributed by atoms with E-state index in [1.807, 2.05) is 0 Å². The van der Waals surface area contributed by atoms with Crippen molar-refractivity contribution in [2.45, 2.75) is 31.3 Å². The maximum absolute atomic E-state index is 14.0. The first-order chi connectivity index (χ1) is 19.0. The van der Waals surface area contributed by atoms with Gasteiger partial charge in [0.15, 0.2) is 11.5 Å². The maximum atomic E-state index is 14.0. The first-order valence-electron chi connectivity index (χ1n) is 12.3. The van der Waals surface area contributed by atoms with Crippen LogP contribution >= 0.6 is 23.2 Å². The molecule has 0 heterocycles. The molecule has 0 aliphatic rings. The normalized spacial score (nSPS) is 11.8. The zero-order valence-electron chi connectivity index (χ0n) is 22.6. The van der Waals surface area contributed by atoms with E-state index in [0.717, 1.165) is 4.31 Å². The Kier molecular flexibility index (Phi) is 10.7. The standard InChI is InChI=1S/C28H31Cl2N3O6S/c1-5-31-28(35)19(2)32(17-20-8-6-7-9-24(20)30)27(34)18-33(22-12-10-21(29)11-13-22)40(36,37)23-14-15-25(38-3)26(16-23)39-4/h6-16,19H,5,17-18H2,1-4H3,(H,31,35)/t19-/m1/s1. The fourth-order valence-corrected chi connectivity index (χ4v) is 5.71. The van der Waals surface area contributed by atoms with Crippen molar-refractivity contribution in [3.8, 4) is 11.5 Å². The van der Waals surface area contributed by atoms with Crippen LogP contribution in [0.2, 0.25) is 10.0 Å². The van der Waals surface area contributed by atoms with Crippen LogP contribution in [-0.2, 0) is 26.2 Å². The number of anilines is 1. The molecule has 40 heavy (non-hydrogen) atoms. The van der Waals surface area contributed by atoms with Gasteiger partial charge in [0.25, 0.3) is 10.0 Å². The minimum atomic E-state index is -4.31. The van der Waals surface area contributed by atoms with E-state index in [1.165, 1.54) is 61.6 Å². The largest absolute Gasteiger partial charge is 0.493 e. The van der Waals surface area contributed by atoms with Gasteiger partial charge in [0.1, 0.15) is 12.6 Å². The van der Waals surface area contributed by atoms with E-state index in [1.54, 1.807) is 38.1 Å². The quantitative estimate of drug-likeness (QED) is 0.318. The lowest BCUT2D eigenvalue weighted by Crippen LogP contribution is -2.51. The third-order valence-corrected chi connectivity index (χ3v) is 8.54. The van der Waals surface area contributed by atoms with Crippen LogP contribution in [0.25, 0.3) is 0 Å². The Labute approximate surface area is 244 Å². The van der Waals surface area contributed by atoms with E-state index < -0.39 is 28.5 Å². The third kappa shape index (κ3) is 7.18. The molecule has 0 saturated carbocycles. The fraction of sp³-hybridized carbons (Fsp3) is 0.286. The molecular formula is C28H31Cl2N3O6S. The van der Waals surface area contributed by atoms with E-state index in [0.29, 0.717) is 27.9 Å². The second-order valence-electron chi connectivity index (χ2n) is 8.69. The molecule has 9 nitrogen and oxygen atoms in total. The van der Waals surface area contributed by atoms with Crippen molar-refractivity contribution in [2.24, 2.45) is 0 Å². The van der Waals surface area contributed by atoms with Gasteiger partial charge in [-0.05, 0) is 61.9 Å². The zero-order chi connectivity index (χ0) is 29.4. The molecule has 0 fully saturated rings. The van der Waals surface area contributed by atoms with Gasteiger partial charge in [-0.25, -0.2) is 8.42 Å². The van der Waals surface area contributed by atoms with Crippen LogP contribution in [0.3, 0.4) is 0 Å². The molecular weight excluding hydrogens is 577 g/mol. The van der Waals surface area contributed by atoms with Gasteiger partial charge in [0.05, 0.1) is 24.8 Å². The summed E-state index contributed by atoms with van der Waals surface area (Å²) < 4.78 is 39.5. The third-order valence-electron chi connectivity index (χ3n) is 6.15. The molecule has 0 spiro atoms. The molecule has 3 rings (SSSR count). The molecule has 0 radical (unpaired) electrons. The number of rotatable bonds is 12. The van der Waals surface area contributed by atoms with Gasteiger partial charge >= 0.3 is 0 Å². The zero-order valence-corrected chi connectivity index (χ0v) is 24.9. The molecule has 3 aromatic carbocycles. The average molecular weight is 609 g/mol. The number of nitrogens with zero attached hydrogens (tertiary/aromatic N) is 2. The van der Waals surface area contributed by atoms with Crippen LogP contribution in [0.1, 0.15) is 19.4 Å². The number of hydrogen-bond donors (Lipinski definition) is 1. The highest BCUT2D eigenvalue weighted by atomic mass is 35.5. The molecule has 12 heteroatoms. The maximum Gasteiger partial charge on any atom is 0.264 e. The summed E-state index contributed by atoms with van der Waals surface area (Å²) in [6.07, 6.45) is 0. The van der Waals surface area contributed by atoms with Gasteiger partial charge in [-0.15, -0.1) is 0 Å². The van der Waals surface area contributed by atoms with E-state index in [4.69, 9.17) is 32.7 Å². The molecule has 0 unspecified atom stereocenters. The lowest BCUT2D eigenvalue weighted by molar-refractivity contribution is -0.139. The molecule has 0 bridgehead atoms. The minimum absolute atomic E-state index is 0.0122. The van der Waals surface area contributed by atoms with Gasteiger partial charge in [-0.3, -0.25) is 13.9 Å². The molecule has 3 aromatic rings. The molecule has 1 atom stereocenters. The number of sulfonamides is 1. The lowest BCUT2D eigenvalue weighted by Gasteiger charge is -2.32.